The molecule has 0 aromatic heterocycles. The summed E-state index contributed by atoms with van der Waals surface area (Å²) in [6.45, 7) is 4.45. The molecular weight excluding hydrogens is 200 g/mol. The zero-order chi connectivity index (χ0) is 11.8. The van der Waals surface area contributed by atoms with Gasteiger partial charge in [-0.25, -0.2) is 0 Å². The van der Waals surface area contributed by atoms with Gasteiger partial charge >= 0.3 is 0 Å². The maximum Gasteiger partial charge on any atom is 0.227 e. The second-order valence-electron chi connectivity index (χ2n) is 5.79. The molecule has 92 valence electrons. The van der Waals surface area contributed by atoms with Gasteiger partial charge in [0, 0.05) is 12.6 Å². The summed E-state index contributed by atoms with van der Waals surface area (Å²) in [5.41, 5.74) is 5.34. The topological polar surface area (TPSA) is 55.1 Å². The van der Waals surface area contributed by atoms with Gasteiger partial charge in [0.1, 0.15) is 0 Å². The number of carbonyl (C=O) groups excluding carboxylic acids is 1. The maximum absolute atomic E-state index is 12.2. The lowest BCUT2D eigenvalue weighted by Crippen LogP contribution is -2.48. The van der Waals surface area contributed by atoms with Crippen LogP contribution in [0.2, 0.25) is 0 Å². The van der Waals surface area contributed by atoms with Crippen LogP contribution in [-0.4, -0.2) is 18.5 Å². The van der Waals surface area contributed by atoms with Crippen molar-refractivity contribution in [2.24, 2.45) is 23.0 Å². The van der Waals surface area contributed by atoms with Gasteiger partial charge in [0.2, 0.25) is 5.91 Å². The van der Waals surface area contributed by atoms with Crippen LogP contribution < -0.4 is 11.1 Å². The lowest BCUT2D eigenvalue weighted by atomic mass is 9.86. The van der Waals surface area contributed by atoms with Crippen molar-refractivity contribution in [3.63, 3.8) is 0 Å². The molecule has 2 aliphatic carbocycles. The minimum absolute atomic E-state index is 0.168. The normalized spacial score (nSPS) is 24.2. The van der Waals surface area contributed by atoms with Crippen molar-refractivity contribution >= 4 is 5.91 Å². The molecule has 2 aliphatic rings. The highest BCUT2D eigenvalue weighted by Crippen LogP contribution is 2.44. The summed E-state index contributed by atoms with van der Waals surface area (Å²) in [5.74, 6) is 1.69. The van der Waals surface area contributed by atoms with E-state index in [1.165, 1.54) is 25.7 Å². The monoisotopic (exact) mass is 224 g/mol. The van der Waals surface area contributed by atoms with Crippen LogP contribution >= 0.6 is 0 Å². The fourth-order valence-corrected chi connectivity index (χ4v) is 2.25. The van der Waals surface area contributed by atoms with Gasteiger partial charge in [-0.15, -0.1) is 0 Å². The van der Waals surface area contributed by atoms with Gasteiger partial charge in [-0.3, -0.25) is 4.79 Å². The summed E-state index contributed by atoms with van der Waals surface area (Å²) in [5, 5.41) is 3.26. The van der Waals surface area contributed by atoms with E-state index in [0.717, 1.165) is 18.3 Å². The first kappa shape index (κ1) is 11.9. The highest BCUT2D eigenvalue weighted by Gasteiger charge is 2.44. The van der Waals surface area contributed by atoms with Gasteiger partial charge in [0.15, 0.2) is 0 Å². The molecule has 3 nitrogen and oxygen atoms in total. The highest BCUT2D eigenvalue weighted by molar-refractivity contribution is 5.82. The molecule has 1 atom stereocenters. The zero-order valence-corrected chi connectivity index (χ0v) is 10.5. The van der Waals surface area contributed by atoms with Gasteiger partial charge in [0.05, 0.1) is 5.41 Å². The average molecular weight is 224 g/mol. The van der Waals surface area contributed by atoms with Crippen LogP contribution in [0.5, 0.6) is 0 Å². The standard InChI is InChI=1S/C13H24N2O/c1-3-13(2,8-14)12(16)15-11(9-4-5-9)10-6-7-10/h9-11H,3-8,14H2,1-2H3,(H,15,16). The molecule has 0 saturated heterocycles. The zero-order valence-electron chi connectivity index (χ0n) is 10.5. The van der Waals surface area contributed by atoms with Crippen molar-refractivity contribution in [2.45, 2.75) is 52.0 Å². The minimum atomic E-state index is -0.373. The molecule has 0 aliphatic heterocycles. The van der Waals surface area contributed by atoms with E-state index < -0.39 is 0 Å². The van der Waals surface area contributed by atoms with E-state index in [1.54, 1.807) is 0 Å². The Morgan fingerprint density at radius 3 is 2.19 bits per heavy atom. The maximum atomic E-state index is 12.2. The minimum Gasteiger partial charge on any atom is -0.352 e. The number of hydrogen-bond acceptors (Lipinski definition) is 2. The molecule has 2 fully saturated rings. The lowest BCUT2D eigenvalue weighted by Gasteiger charge is -2.28. The molecule has 0 bridgehead atoms. The van der Waals surface area contributed by atoms with Crippen molar-refractivity contribution < 1.29 is 4.79 Å². The van der Waals surface area contributed by atoms with Gasteiger partial charge in [0.25, 0.3) is 0 Å². The third-order valence-corrected chi connectivity index (χ3v) is 4.34. The van der Waals surface area contributed by atoms with Crippen LogP contribution in [0, 0.1) is 17.3 Å². The summed E-state index contributed by atoms with van der Waals surface area (Å²) in [6.07, 6.45) is 6.01. The molecule has 16 heavy (non-hydrogen) atoms. The summed E-state index contributed by atoms with van der Waals surface area (Å²) in [6, 6.07) is 0.449. The Kier molecular flexibility index (Phi) is 3.24. The predicted molar refractivity (Wildman–Crippen MR) is 64.8 cm³/mol. The third kappa shape index (κ3) is 2.40. The third-order valence-electron chi connectivity index (χ3n) is 4.34. The van der Waals surface area contributed by atoms with Crippen molar-refractivity contribution in [3.05, 3.63) is 0 Å². The van der Waals surface area contributed by atoms with Crippen molar-refractivity contribution in [2.75, 3.05) is 6.54 Å². The van der Waals surface area contributed by atoms with Crippen LogP contribution in [-0.2, 0) is 4.79 Å². The number of amides is 1. The summed E-state index contributed by atoms with van der Waals surface area (Å²) in [4.78, 5) is 12.2. The number of carbonyl (C=O) groups is 1. The van der Waals surface area contributed by atoms with Crippen LogP contribution in [0.4, 0.5) is 0 Å². The number of hydrogen-bond donors (Lipinski definition) is 2. The lowest BCUT2D eigenvalue weighted by molar-refractivity contribution is -0.131. The van der Waals surface area contributed by atoms with E-state index in [1.807, 2.05) is 13.8 Å². The highest BCUT2D eigenvalue weighted by atomic mass is 16.2. The van der Waals surface area contributed by atoms with E-state index >= 15 is 0 Å². The van der Waals surface area contributed by atoms with Crippen LogP contribution in [0.3, 0.4) is 0 Å². The summed E-state index contributed by atoms with van der Waals surface area (Å²) >= 11 is 0. The fraction of sp³-hybridized carbons (Fsp3) is 0.923. The van der Waals surface area contributed by atoms with Crippen LogP contribution in [0.15, 0.2) is 0 Å². The Bertz CT molecular complexity index is 253. The predicted octanol–water partition coefficient (Wildman–Crippen LogP) is 1.67. The van der Waals surface area contributed by atoms with Crippen molar-refractivity contribution in [1.29, 1.82) is 0 Å². The van der Waals surface area contributed by atoms with Gasteiger partial charge in [-0.2, -0.15) is 0 Å². The molecule has 2 saturated carbocycles. The fourth-order valence-electron chi connectivity index (χ4n) is 2.25. The van der Waals surface area contributed by atoms with E-state index in [4.69, 9.17) is 5.73 Å². The van der Waals surface area contributed by atoms with Crippen LogP contribution in [0.25, 0.3) is 0 Å². The Labute approximate surface area is 98.2 Å². The number of rotatable bonds is 6. The largest absolute Gasteiger partial charge is 0.352 e. The smallest absolute Gasteiger partial charge is 0.227 e. The Hall–Kier alpha value is -0.570. The molecule has 2 rings (SSSR count). The molecule has 1 amide bonds. The first-order valence-electron chi connectivity index (χ1n) is 6.61. The Morgan fingerprint density at radius 1 is 1.38 bits per heavy atom. The SMILES string of the molecule is CCC(C)(CN)C(=O)NC(C1CC1)C1CC1. The first-order valence-corrected chi connectivity index (χ1v) is 6.61. The molecular formula is C13H24N2O. The van der Waals surface area contributed by atoms with Crippen LogP contribution in [0.1, 0.15) is 46.0 Å². The second-order valence-corrected chi connectivity index (χ2v) is 5.79. The van der Waals surface area contributed by atoms with E-state index in [9.17, 15) is 4.79 Å². The number of nitrogens with one attached hydrogen (secondary N) is 1. The quantitative estimate of drug-likeness (QED) is 0.721. The van der Waals surface area contributed by atoms with Gasteiger partial charge in [-0.05, 0) is 50.9 Å². The van der Waals surface area contributed by atoms with Crippen molar-refractivity contribution in [3.8, 4) is 0 Å². The first-order chi connectivity index (χ1) is 7.60. The van der Waals surface area contributed by atoms with Gasteiger partial charge < -0.3 is 11.1 Å². The molecule has 0 radical (unpaired) electrons. The summed E-state index contributed by atoms with van der Waals surface area (Å²) in [7, 11) is 0. The molecule has 0 aromatic rings. The van der Waals surface area contributed by atoms with E-state index in [0.29, 0.717) is 12.6 Å². The molecule has 0 spiro atoms. The Morgan fingerprint density at radius 2 is 1.88 bits per heavy atom. The molecule has 0 aromatic carbocycles. The number of nitrogens with two attached hydrogens (primary N) is 1. The second kappa shape index (κ2) is 4.36. The van der Waals surface area contributed by atoms with Gasteiger partial charge in [-0.1, -0.05) is 6.92 Å². The molecule has 1 unspecified atom stereocenters. The summed E-state index contributed by atoms with van der Waals surface area (Å²) < 4.78 is 0. The van der Waals surface area contributed by atoms with E-state index in [2.05, 4.69) is 5.32 Å². The molecule has 0 heterocycles. The van der Waals surface area contributed by atoms with E-state index in [-0.39, 0.29) is 11.3 Å². The molecule has 3 N–H and O–H groups in total. The Balaban J connectivity index is 1.93. The van der Waals surface area contributed by atoms with Crippen molar-refractivity contribution in [1.82, 2.24) is 5.32 Å². The molecule has 3 heteroatoms. The average Bonchev–Trinajstić information content (AvgIpc) is 3.17.